The maximum atomic E-state index is 13.5. The van der Waals surface area contributed by atoms with Crippen LogP contribution in [0.4, 0.5) is 4.39 Å². The van der Waals surface area contributed by atoms with Crippen LogP contribution in [-0.4, -0.2) is 61.4 Å². The number of rotatable bonds is 9. The Morgan fingerprint density at radius 2 is 1.85 bits per heavy atom. The van der Waals surface area contributed by atoms with Gasteiger partial charge < -0.3 is 14.4 Å². The molecule has 33 heavy (non-hydrogen) atoms. The second kappa shape index (κ2) is 10.1. The van der Waals surface area contributed by atoms with E-state index in [1.54, 1.807) is 31.3 Å². The summed E-state index contributed by atoms with van der Waals surface area (Å²) in [6, 6.07) is 13.2. The van der Waals surface area contributed by atoms with Crippen molar-refractivity contribution in [2.75, 3.05) is 33.9 Å². The smallest absolute Gasteiger partial charge is 0.262 e. The number of halogens is 1. The summed E-state index contributed by atoms with van der Waals surface area (Å²) in [4.78, 5) is 27.8. The number of ether oxygens (including phenoxy) is 2. The van der Waals surface area contributed by atoms with Crippen molar-refractivity contribution in [1.29, 1.82) is 0 Å². The van der Waals surface area contributed by atoms with E-state index in [1.165, 1.54) is 17.1 Å². The molecule has 2 aromatic rings. The van der Waals surface area contributed by atoms with Gasteiger partial charge in [0.15, 0.2) is 0 Å². The van der Waals surface area contributed by atoms with Crippen molar-refractivity contribution in [1.82, 2.24) is 9.91 Å². The number of methoxy groups -OCH3 is 2. The van der Waals surface area contributed by atoms with Gasteiger partial charge in [-0.2, -0.15) is 5.10 Å². The van der Waals surface area contributed by atoms with Crippen molar-refractivity contribution in [3.63, 3.8) is 0 Å². The standard InChI is InChI=1S/C25H28FN3O4/c1-32-14-13-28(25(31)18-7-8-18)16-24(30)29-22(20-5-3-4-6-23(20)33-2)15-21(27-29)17-9-11-19(26)12-10-17/h3-6,9-12,18,22H,7-8,13-16H2,1-2H3/t22-/m1/s1. The molecule has 4 rings (SSSR count). The van der Waals surface area contributed by atoms with E-state index >= 15 is 0 Å². The van der Waals surface area contributed by atoms with E-state index < -0.39 is 6.04 Å². The van der Waals surface area contributed by atoms with Gasteiger partial charge in [-0.05, 0) is 36.6 Å². The van der Waals surface area contributed by atoms with Crippen LogP contribution >= 0.6 is 0 Å². The first-order valence-corrected chi connectivity index (χ1v) is 11.1. The van der Waals surface area contributed by atoms with Crippen molar-refractivity contribution in [2.45, 2.75) is 25.3 Å². The molecule has 0 spiro atoms. The molecule has 1 atom stereocenters. The molecular weight excluding hydrogens is 425 g/mol. The number of hydrogen-bond donors (Lipinski definition) is 0. The highest BCUT2D eigenvalue weighted by Gasteiger charge is 2.38. The van der Waals surface area contributed by atoms with E-state index in [9.17, 15) is 14.0 Å². The van der Waals surface area contributed by atoms with Crippen LogP contribution in [0.25, 0.3) is 0 Å². The minimum atomic E-state index is -0.394. The van der Waals surface area contributed by atoms with Crippen LogP contribution in [0.3, 0.4) is 0 Å². The molecule has 0 aromatic heterocycles. The molecular formula is C25H28FN3O4. The Morgan fingerprint density at radius 3 is 2.52 bits per heavy atom. The number of para-hydroxylation sites is 1. The van der Waals surface area contributed by atoms with Crippen LogP contribution in [0.2, 0.25) is 0 Å². The molecule has 2 amide bonds. The van der Waals surface area contributed by atoms with Crippen molar-refractivity contribution in [3.05, 3.63) is 65.5 Å². The SMILES string of the molecule is COCCN(CC(=O)N1N=C(c2ccc(F)cc2)C[C@@H]1c1ccccc1OC)C(=O)C1CC1. The Labute approximate surface area is 192 Å². The monoisotopic (exact) mass is 453 g/mol. The number of benzene rings is 2. The van der Waals surface area contributed by atoms with Crippen LogP contribution < -0.4 is 4.74 Å². The van der Waals surface area contributed by atoms with Gasteiger partial charge in [0.1, 0.15) is 18.1 Å². The van der Waals surface area contributed by atoms with E-state index in [2.05, 4.69) is 5.10 Å². The van der Waals surface area contributed by atoms with Gasteiger partial charge in [0, 0.05) is 31.6 Å². The largest absolute Gasteiger partial charge is 0.496 e. The Bertz CT molecular complexity index is 1040. The summed E-state index contributed by atoms with van der Waals surface area (Å²) in [6.45, 7) is 0.621. The fourth-order valence-corrected chi connectivity index (χ4v) is 4.03. The molecule has 8 heteroatoms. The summed E-state index contributed by atoms with van der Waals surface area (Å²) in [5, 5.41) is 6.07. The van der Waals surface area contributed by atoms with Gasteiger partial charge >= 0.3 is 0 Å². The molecule has 174 valence electrons. The lowest BCUT2D eigenvalue weighted by atomic mass is 9.97. The van der Waals surface area contributed by atoms with Gasteiger partial charge in [0.05, 0.1) is 25.5 Å². The zero-order chi connectivity index (χ0) is 23.4. The third kappa shape index (κ3) is 5.22. The summed E-state index contributed by atoms with van der Waals surface area (Å²) in [6.07, 6.45) is 2.17. The average molecular weight is 454 g/mol. The Balaban J connectivity index is 1.63. The maximum Gasteiger partial charge on any atom is 0.262 e. The van der Waals surface area contributed by atoms with Gasteiger partial charge in [0.25, 0.3) is 5.91 Å². The Hall–Kier alpha value is -3.26. The number of carbonyl (C=O) groups is 2. The minimum Gasteiger partial charge on any atom is -0.496 e. The van der Waals surface area contributed by atoms with Gasteiger partial charge in [0.2, 0.25) is 5.91 Å². The molecule has 1 heterocycles. The van der Waals surface area contributed by atoms with Crippen LogP contribution in [0.5, 0.6) is 5.75 Å². The predicted molar refractivity (Wildman–Crippen MR) is 121 cm³/mol. The van der Waals surface area contributed by atoms with Crippen LogP contribution in [0, 0.1) is 11.7 Å². The highest BCUT2D eigenvalue weighted by atomic mass is 19.1. The Kier molecular flexibility index (Phi) is 7.03. The quantitative estimate of drug-likeness (QED) is 0.584. The third-order valence-corrected chi connectivity index (χ3v) is 5.97. The molecule has 7 nitrogen and oxygen atoms in total. The number of carbonyl (C=O) groups excluding carboxylic acids is 2. The van der Waals surface area contributed by atoms with Gasteiger partial charge in [-0.3, -0.25) is 9.59 Å². The van der Waals surface area contributed by atoms with Crippen molar-refractivity contribution in [2.24, 2.45) is 11.0 Å². The molecule has 1 saturated carbocycles. The van der Waals surface area contributed by atoms with Crippen molar-refractivity contribution < 1.29 is 23.5 Å². The highest BCUT2D eigenvalue weighted by Crippen LogP contribution is 2.38. The summed E-state index contributed by atoms with van der Waals surface area (Å²) in [5.74, 6) is 0.0147. The molecule has 0 N–H and O–H groups in total. The second-order valence-electron chi connectivity index (χ2n) is 8.28. The number of amides is 2. The van der Waals surface area contributed by atoms with Gasteiger partial charge in [-0.15, -0.1) is 0 Å². The summed E-state index contributed by atoms with van der Waals surface area (Å²) in [7, 11) is 3.15. The van der Waals surface area contributed by atoms with E-state index in [4.69, 9.17) is 9.47 Å². The van der Waals surface area contributed by atoms with Gasteiger partial charge in [-0.1, -0.05) is 30.3 Å². The van der Waals surface area contributed by atoms with E-state index in [-0.39, 0.29) is 30.1 Å². The zero-order valence-electron chi connectivity index (χ0n) is 18.9. The first-order chi connectivity index (χ1) is 16.0. The number of hydrogen-bond acceptors (Lipinski definition) is 5. The summed E-state index contributed by atoms with van der Waals surface area (Å²) >= 11 is 0. The van der Waals surface area contributed by atoms with Crippen molar-refractivity contribution >= 4 is 17.5 Å². The lowest BCUT2D eigenvalue weighted by Crippen LogP contribution is -2.43. The molecule has 1 aliphatic carbocycles. The lowest BCUT2D eigenvalue weighted by Gasteiger charge is -2.27. The molecule has 2 aromatic carbocycles. The molecule has 0 radical (unpaired) electrons. The molecule has 0 saturated heterocycles. The molecule has 0 unspecified atom stereocenters. The third-order valence-electron chi connectivity index (χ3n) is 5.97. The van der Waals surface area contributed by atoms with Crippen LogP contribution in [-0.2, 0) is 14.3 Å². The average Bonchev–Trinajstić information content (AvgIpc) is 3.59. The maximum absolute atomic E-state index is 13.5. The van der Waals surface area contributed by atoms with Crippen molar-refractivity contribution in [3.8, 4) is 5.75 Å². The van der Waals surface area contributed by atoms with E-state index in [0.717, 1.165) is 24.0 Å². The topological polar surface area (TPSA) is 71.4 Å². The number of hydrazone groups is 1. The summed E-state index contributed by atoms with van der Waals surface area (Å²) < 4.78 is 24.1. The van der Waals surface area contributed by atoms with Gasteiger partial charge in [-0.25, -0.2) is 9.40 Å². The molecule has 2 aliphatic rings. The van der Waals surface area contributed by atoms with E-state index in [0.29, 0.717) is 31.0 Å². The molecule has 1 aliphatic heterocycles. The van der Waals surface area contributed by atoms with Crippen LogP contribution in [0.15, 0.2) is 53.6 Å². The first-order valence-electron chi connectivity index (χ1n) is 11.1. The molecule has 1 fully saturated rings. The van der Waals surface area contributed by atoms with Crippen LogP contribution in [0.1, 0.15) is 36.4 Å². The summed E-state index contributed by atoms with van der Waals surface area (Å²) in [5.41, 5.74) is 2.25. The second-order valence-corrected chi connectivity index (χ2v) is 8.28. The predicted octanol–water partition coefficient (Wildman–Crippen LogP) is 3.40. The highest BCUT2D eigenvalue weighted by molar-refractivity contribution is 6.03. The lowest BCUT2D eigenvalue weighted by molar-refractivity contribution is -0.142. The fourth-order valence-electron chi connectivity index (χ4n) is 4.03. The zero-order valence-corrected chi connectivity index (χ0v) is 18.9. The fraction of sp³-hybridized carbons (Fsp3) is 0.400. The Morgan fingerprint density at radius 1 is 1.12 bits per heavy atom. The minimum absolute atomic E-state index is 0.00322. The first kappa shape index (κ1) is 22.9. The van der Waals surface area contributed by atoms with E-state index in [1.807, 2.05) is 24.3 Å². The normalized spacial score (nSPS) is 17.6. The number of nitrogens with zero attached hydrogens (tertiary/aromatic N) is 3. The molecule has 0 bridgehead atoms.